The first-order valence-corrected chi connectivity index (χ1v) is 10.5. The Morgan fingerprint density at radius 2 is 1.66 bits per heavy atom. The molecule has 0 fully saturated rings. The minimum atomic E-state index is -0.577. The Bertz CT molecular complexity index is 1500. The highest BCUT2D eigenvalue weighted by molar-refractivity contribution is 6.10. The van der Waals surface area contributed by atoms with Crippen LogP contribution in [-0.2, 0) is 6.42 Å². The third kappa shape index (κ3) is 2.84. The van der Waals surface area contributed by atoms with Gasteiger partial charge in [-0.3, -0.25) is 4.79 Å². The van der Waals surface area contributed by atoms with E-state index in [1.807, 2.05) is 0 Å². The van der Waals surface area contributed by atoms with E-state index in [4.69, 9.17) is 8.83 Å². The molecule has 0 aliphatic heterocycles. The van der Waals surface area contributed by atoms with Crippen LogP contribution in [0.15, 0.2) is 43.5 Å². The summed E-state index contributed by atoms with van der Waals surface area (Å²) in [5.41, 5.74) is 1.27. The lowest BCUT2D eigenvalue weighted by molar-refractivity contribution is 0.213. The van der Waals surface area contributed by atoms with Gasteiger partial charge in [0, 0.05) is 23.8 Å². The Morgan fingerprint density at radius 3 is 2.38 bits per heavy atom. The summed E-state index contributed by atoms with van der Waals surface area (Å²) < 4.78 is 11.7. The van der Waals surface area contributed by atoms with Gasteiger partial charge in [-0.05, 0) is 37.5 Å². The number of aromatic hydroxyl groups is 4. The summed E-state index contributed by atoms with van der Waals surface area (Å²) in [5.74, 6) is -1.27. The molecule has 7 nitrogen and oxygen atoms in total. The molecule has 1 unspecified atom stereocenters. The van der Waals surface area contributed by atoms with Gasteiger partial charge in [-0.2, -0.15) is 0 Å². The molecule has 1 atom stereocenters. The number of fused-ring (bicyclic) bond motifs is 4. The number of benzene rings is 2. The van der Waals surface area contributed by atoms with Gasteiger partial charge >= 0.3 is 0 Å². The van der Waals surface area contributed by atoms with Crippen molar-refractivity contribution in [3.05, 3.63) is 45.6 Å². The molecule has 4 aromatic rings. The Hall–Kier alpha value is -3.61. The molecule has 166 valence electrons. The molecule has 2 aromatic carbocycles. The van der Waals surface area contributed by atoms with Crippen molar-refractivity contribution in [1.29, 1.82) is 0 Å². The molecule has 0 saturated heterocycles. The molecule has 2 aromatic heterocycles. The van der Waals surface area contributed by atoms with Crippen molar-refractivity contribution >= 4 is 33.1 Å². The topological polar surface area (TPSA) is 124 Å². The zero-order chi connectivity index (χ0) is 22.9. The predicted molar refractivity (Wildman–Crippen MR) is 120 cm³/mol. The van der Waals surface area contributed by atoms with E-state index in [-0.39, 0.29) is 62.0 Å². The minimum absolute atomic E-state index is 0.0188. The lowest BCUT2D eigenvalue weighted by atomic mass is 9.66. The Morgan fingerprint density at radius 1 is 0.969 bits per heavy atom. The van der Waals surface area contributed by atoms with E-state index in [0.717, 1.165) is 18.9 Å². The van der Waals surface area contributed by atoms with Crippen LogP contribution < -0.4 is 5.43 Å². The van der Waals surface area contributed by atoms with Gasteiger partial charge in [0.2, 0.25) is 11.0 Å². The molecule has 0 radical (unpaired) electrons. The predicted octanol–water partition coefficient (Wildman–Crippen LogP) is 5.44. The molecule has 1 aliphatic carbocycles. The van der Waals surface area contributed by atoms with Crippen LogP contribution in [0.2, 0.25) is 0 Å². The van der Waals surface area contributed by atoms with Crippen molar-refractivity contribution in [3.63, 3.8) is 0 Å². The number of furan rings is 1. The van der Waals surface area contributed by atoms with Gasteiger partial charge in [0.05, 0.1) is 5.39 Å². The quantitative estimate of drug-likeness (QED) is 0.308. The molecule has 0 spiro atoms. The lowest BCUT2D eigenvalue weighted by Crippen LogP contribution is -2.30. The van der Waals surface area contributed by atoms with Crippen molar-refractivity contribution in [2.45, 2.75) is 40.0 Å². The van der Waals surface area contributed by atoms with E-state index < -0.39 is 5.43 Å². The van der Waals surface area contributed by atoms with Crippen LogP contribution >= 0.6 is 0 Å². The van der Waals surface area contributed by atoms with Crippen molar-refractivity contribution < 1.29 is 29.3 Å². The number of allylic oxidation sites excluding steroid dienone is 2. The smallest absolute Gasteiger partial charge is 0.224 e. The molecule has 5 rings (SSSR count). The van der Waals surface area contributed by atoms with Crippen LogP contribution in [0.25, 0.3) is 33.1 Å². The first kappa shape index (κ1) is 20.3. The van der Waals surface area contributed by atoms with E-state index in [9.17, 15) is 25.2 Å². The second-order valence-electron chi connectivity index (χ2n) is 9.36. The molecular weight excluding hydrogens is 412 g/mol. The highest BCUT2D eigenvalue weighted by Gasteiger charge is 2.35. The Balaban J connectivity index is 1.86. The van der Waals surface area contributed by atoms with Gasteiger partial charge in [-0.15, -0.1) is 0 Å². The summed E-state index contributed by atoms with van der Waals surface area (Å²) in [6.45, 7) is 6.40. The third-order valence-corrected chi connectivity index (χ3v) is 6.86. The fourth-order valence-corrected chi connectivity index (χ4v) is 5.10. The van der Waals surface area contributed by atoms with E-state index in [2.05, 4.69) is 26.8 Å². The molecule has 4 N–H and O–H groups in total. The van der Waals surface area contributed by atoms with Crippen molar-refractivity contribution in [2.75, 3.05) is 0 Å². The van der Waals surface area contributed by atoms with Crippen LogP contribution in [0.5, 0.6) is 23.0 Å². The highest BCUT2D eigenvalue weighted by Crippen LogP contribution is 2.48. The molecule has 32 heavy (non-hydrogen) atoms. The SMILES string of the molecule is CC1=CCCC(C)(C)C1Cc1c(O)c(=O)cc2oc3c(O)c4c(O)cc(O)cc4oc3c12. The monoisotopic (exact) mass is 436 g/mol. The first-order valence-electron chi connectivity index (χ1n) is 10.5. The van der Waals surface area contributed by atoms with Crippen molar-refractivity contribution in [1.82, 2.24) is 0 Å². The normalized spacial score (nSPS) is 18.5. The molecule has 0 bridgehead atoms. The van der Waals surface area contributed by atoms with Gasteiger partial charge in [0.25, 0.3) is 0 Å². The molecule has 0 saturated carbocycles. The van der Waals surface area contributed by atoms with Crippen LogP contribution in [0, 0.1) is 11.3 Å². The Kier molecular flexibility index (Phi) is 4.25. The number of hydrogen-bond donors (Lipinski definition) is 4. The van der Waals surface area contributed by atoms with Crippen LogP contribution in [-0.4, -0.2) is 20.4 Å². The summed E-state index contributed by atoms with van der Waals surface area (Å²) in [4.78, 5) is 12.5. The van der Waals surface area contributed by atoms with Crippen molar-refractivity contribution in [2.24, 2.45) is 11.3 Å². The zero-order valence-electron chi connectivity index (χ0n) is 18.0. The lowest BCUT2D eigenvalue weighted by Gasteiger charge is -2.38. The van der Waals surface area contributed by atoms with Gasteiger partial charge in [-0.1, -0.05) is 25.5 Å². The Labute approximate surface area is 182 Å². The number of hydrogen-bond acceptors (Lipinski definition) is 7. The summed E-state index contributed by atoms with van der Waals surface area (Å²) in [6, 6.07) is 3.52. The molecule has 7 heteroatoms. The standard InChI is InChI=1S/C25H24O7/c1-11-5-4-6-25(2,3)14(11)9-13-19-18(10-16(28)21(13)29)32-24-22(30)20-15(27)7-12(26)8-17(20)31-23(19)24/h5,7-8,10,14,26-27,29-30H,4,6,9H2,1-3H3. The van der Waals surface area contributed by atoms with E-state index in [0.29, 0.717) is 17.4 Å². The maximum Gasteiger partial charge on any atom is 0.224 e. The van der Waals surface area contributed by atoms with Crippen LogP contribution in [0.4, 0.5) is 0 Å². The van der Waals surface area contributed by atoms with Crippen LogP contribution in [0.3, 0.4) is 0 Å². The van der Waals surface area contributed by atoms with Crippen molar-refractivity contribution in [3.8, 4) is 23.0 Å². The molecule has 1 aliphatic rings. The zero-order valence-corrected chi connectivity index (χ0v) is 18.0. The fraction of sp³-hybridized carbons (Fsp3) is 0.320. The second kappa shape index (κ2) is 6.69. The van der Waals surface area contributed by atoms with E-state index >= 15 is 0 Å². The summed E-state index contributed by atoms with van der Waals surface area (Å²) >= 11 is 0. The third-order valence-electron chi connectivity index (χ3n) is 6.86. The first-order chi connectivity index (χ1) is 15.1. The average molecular weight is 436 g/mol. The summed E-state index contributed by atoms with van der Waals surface area (Å²) in [7, 11) is 0. The second-order valence-corrected chi connectivity index (χ2v) is 9.36. The fourth-order valence-electron chi connectivity index (χ4n) is 5.10. The number of phenolic OH excluding ortho intramolecular Hbond substituents is 3. The maximum atomic E-state index is 12.5. The molecule has 0 amide bonds. The number of rotatable bonds is 2. The van der Waals surface area contributed by atoms with E-state index in [1.165, 1.54) is 17.7 Å². The van der Waals surface area contributed by atoms with Gasteiger partial charge in [-0.25, -0.2) is 0 Å². The average Bonchev–Trinajstić information content (AvgIpc) is 3.05. The van der Waals surface area contributed by atoms with Gasteiger partial charge < -0.3 is 29.3 Å². The van der Waals surface area contributed by atoms with Crippen LogP contribution in [0.1, 0.15) is 39.2 Å². The largest absolute Gasteiger partial charge is 0.508 e. The van der Waals surface area contributed by atoms with Gasteiger partial charge in [0.1, 0.15) is 28.1 Å². The highest BCUT2D eigenvalue weighted by atomic mass is 16.4. The maximum absolute atomic E-state index is 12.5. The molecular formula is C25H24O7. The van der Waals surface area contributed by atoms with Gasteiger partial charge in [0.15, 0.2) is 17.1 Å². The minimum Gasteiger partial charge on any atom is -0.508 e. The summed E-state index contributed by atoms with van der Waals surface area (Å²) in [5, 5.41) is 42.0. The molecule has 2 heterocycles. The number of phenols is 3. The van der Waals surface area contributed by atoms with E-state index in [1.54, 1.807) is 0 Å². The summed E-state index contributed by atoms with van der Waals surface area (Å²) in [6.07, 6.45) is 4.54.